The van der Waals surface area contributed by atoms with Crippen LogP contribution >= 0.6 is 15.9 Å². The molecule has 0 saturated carbocycles. The van der Waals surface area contributed by atoms with E-state index in [0.717, 1.165) is 11.3 Å². The minimum Gasteiger partial charge on any atom is -0.392 e. The van der Waals surface area contributed by atoms with E-state index in [1.165, 1.54) is 0 Å². The Bertz CT molecular complexity index is 341. The smallest absolute Gasteiger partial charge is 0.240 e. The van der Waals surface area contributed by atoms with Crippen molar-refractivity contribution in [2.24, 2.45) is 0 Å². The highest BCUT2D eigenvalue weighted by Gasteiger charge is 2.23. The molecule has 0 heterocycles. The lowest BCUT2D eigenvalue weighted by Gasteiger charge is -2.15. The van der Waals surface area contributed by atoms with Crippen molar-refractivity contribution in [1.82, 2.24) is 0 Å². The van der Waals surface area contributed by atoms with Crippen molar-refractivity contribution in [2.75, 3.05) is 5.32 Å². The molecule has 0 radical (unpaired) electrons. The Labute approximate surface area is 97.6 Å². The zero-order chi connectivity index (χ0) is 11.5. The molecule has 1 rings (SSSR count). The molecule has 0 saturated heterocycles. The highest BCUT2D eigenvalue weighted by Crippen LogP contribution is 2.19. The number of benzene rings is 1. The maximum absolute atomic E-state index is 11.6. The standard InChI is InChI=1S/C11H14BrNO2/c1-11(2,12)10(15)13-9-5-3-8(7-14)4-6-9/h3-6,14H,7H2,1-2H3,(H,13,15). The van der Waals surface area contributed by atoms with Gasteiger partial charge in [0.05, 0.1) is 10.9 Å². The van der Waals surface area contributed by atoms with Gasteiger partial charge in [-0.1, -0.05) is 28.1 Å². The molecule has 2 N–H and O–H groups in total. The largest absolute Gasteiger partial charge is 0.392 e. The first-order valence-corrected chi connectivity index (χ1v) is 5.43. The molecule has 1 aromatic rings. The number of carbonyl (C=O) groups excluding carboxylic acids is 1. The van der Waals surface area contributed by atoms with E-state index in [0.29, 0.717) is 0 Å². The van der Waals surface area contributed by atoms with Gasteiger partial charge in [0.25, 0.3) is 0 Å². The van der Waals surface area contributed by atoms with Crippen LogP contribution in [0.1, 0.15) is 19.4 Å². The van der Waals surface area contributed by atoms with E-state index in [4.69, 9.17) is 5.11 Å². The fraction of sp³-hybridized carbons (Fsp3) is 0.364. The maximum Gasteiger partial charge on any atom is 0.240 e. The van der Waals surface area contributed by atoms with Crippen molar-refractivity contribution in [3.05, 3.63) is 29.8 Å². The van der Waals surface area contributed by atoms with Crippen LogP contribution in [-0.2, 0) is 11.4 Å². The molecule has 0 spiro atoms. The van der Waals surface area contributed by atoms with Crippen molar-refractivity contribution >= 4 is 27.5 Å². The minimum atomic E-state index is -0.581. The van der Waals surface area contributed by atoms with E-state index >= 15 is 0 Å². The second-order valence-electron chi connectivity index (χ2n) is 3.78. The number of rotatable bonds is 3. The summed E-state index contributed by atoms with van der Waals surface area (Å²) >= 11 is 3.28. The number of aliphatic hydroxyl groups is 1. The lowest BCUT2D eigenvalue weighted by molar-refractivity contribution is -0.117. The van der Waals surface area contributed by atoms with Gasteiger partial charge < -0.3 is 10.4 Å². The van der Waals surface area contributed by atoms with Crippen LogP contribution in [0.5, 0.6) is 0 Å². The first-order chi connectivity index (χ1) is 6.93. The van der Waals surface area contributed by atoms with Crippen LogP contribution in [0.3, 0.4) is 0 Å². The third-order valence-electron chi connectivity index (χ3n) is 1.93. The maximum atomic E-state index is 11.6. The lowest BCUT2D eigenvalue weighted by atomic mass is 10.2. The van der Waals surface area contributed by atoms with Crippen LogP contribution in [0.25, 0.3) is 0 Å². The first kappa shape index (κ1) is 12.2. The van der Waals surface area contributed by atoms with E-state index in [1.54, 1.807) is 38.1 Å². The van der Waals surface area contributed by atoms with Crippen LogP contribution in [-0.4, -0.2) is 15.3 Å². The highest BCUT2D eigenvalue weighted by molar-refractivity contribution is 9.10. The molecule has 1 aromatic carbocycles. The third-order valence-corrected chi connectivity index (χ3v) is 2.29. The van der Waals surface area contributed by atoms with Gasteiger partial charge in [-0.3, -0.25) is 4.79 Å². The van der Waals surface area contributed by atoms with E-state index < -0.39 is 4.32 Å². The van der Waals surface area contributed by atoms with Crippen LogP contribution in [0, 0.1) is 0 Å². The van der Waals surface area contributed by atoms with E-state index in [9.17, 15) is 4.79 Å². The summed E-state index contributed by atoms with van der Waals surface area (Å²) < 4.78 is -0.581. The van der Waals surface area contributed by atoms with Crippen LogP contribution in [0.2, 0.25) is 0 Å². The zero-order valence-corrected chi connectivity index (χ0v) is 10.3. The summed E-state index contributed by atoms with van der Waals surface area (Å²) in [6.45, 7) is 3.58. The number of hydrogen-bond acceptors (Lipinski definition) is 2. The molecular formula is C11H14BrNO2. The van der Waals surface area contributed by atoms with Crippen LogP contribution < -0.4 is 5.32 Å². The molecule has 0 aliphatic rings. The normalized spacial score (nSPS) is 11.2. The average molecular weight is 272 g/mol. The Kier molecular flexibility index (Phi) is 3.88. The Morgan fingerprint density at radius 1 is 1.40 bits per heavy atom. The molecule has 0 unspecified atom stereocenters. The predicted molar refractivity (Wildman–Crippen MR) is 64.0 cm³/mol. The van der Waals surface area contributed by atoms with Gasteiger partial charge in [0.15, 0.2) is 0 Å². The van der Waals surface area contributed by atoms with E-state index in [2.05, 4.69) is 21.2 Å². The number of alkyl halides is 1. The van der Waals surface area contributed by atoms with Gasteiger partial charge in [-0.15, -0.1) is 0 Å². The number of halogens is 1. The Morgan fingerprint density at radius 3 is 2.33 bits per heavy atom. The zero-order valence-electron chi connectivity index (χ0n) is 8.75. The quantitative estimate of drug-likeness (QED) is 0.829. The minimum absolute atomic E-state index is 0.0121. The number of amides is 1. The second kappa shape index (κ2) is 4.77. The van der Waals surface area contributed by atoms with Gasteiger partial charge in [-0.25, -0.2) is 0 Å². The van der Waals surface area contributed by atoms with Crippen LogP contribution in [0.15, 0.2) is 24.3 Å². The van der Waals surface area contributed by atoms with Crippen molar-refractivity contribution in [3.63, 3.8) is 0 Å². The van der Waals surface area contributed by atoms with Gasteiger partial charge >= 0.3 is 0 Å². The molecule has 0 bridgehead atoms. The van der Waals surface area contributed by atoms with E-state index in [1.807, 2.05) is 0 Å². The molecule has 0 aliphatic heterocycles. The van der Waals surface area contributed by atoms with Crippen molar-refractivity contribution in [2.45, 2.75) is 24.8 Å². The number of anilines is 1. The molecule has 0 atom stereocenters. The Hall–Kier alpha value is -0.870. The van der Waals surface area contributed by atoms with Gasteiger partial charge in [0, 0.05) is 5.69 Å². The molecule has 1 amide bonds. The molecule has 0 fully saturated rings. The topological polar surface area (TPSA) is 49.3 Å². The van der Waals surface area contributed by atoms with Crippen molar-refractivity contribution in [3.8, 4) is 0 Å². The summed E-state index contributed by atoms with van der Waals surface area (Å²) in [6, 6.07) is 7.08. The summed E-state index contributed by atoms with van der Waals surface area (Å²) in [4.78, 5) is 11.6. The SMILES string of the molecule is CC(C)(Br)C(=O)Nc1ccc(CO)cc1. The number of carbonyl (C=O) groups is 1. The fourth-order valence-electron chi connectivity index (χ4n) is 0.973. The number of aliphatic hydroxyl groups excluding tert-OH is 1. The molecule has 0 aromatic heterocycles. The third kappa shape index (κ3) is 3.64. The molecule has 82 valence electrons. The molecule has 0 aliphatic carbocycles. The lowest BCUT2D eigenvalue weighted by Crippen LogP contribution is -2.30. The van der Waals surface area contributed by atoms with Crippen molar-refractivity contribution < 1.29 is 9.90 Å². The van der Waals surface area contributed by atoms with Gasteiger partial charge in [0.2, 0.25) is 5.91 Å². The van der Waals surface area contributed by atoms with E-state index in [-0.39, 0.29) is 12.5 Å². The molecular weight excluding hydrogens is 258 g/mol. The summed E-state index contributed by atoms with van der Waals surface area (Å²) in [5.41, 5.74) is 1.55. The number of hydrogen-bond donors (Lipinski definition) is 2. The first-order valence-electron chi connectivity index (χ1n) is 4.63. The monoisotopic (exact) mass is 271 g/mol. The van der Waals surface area contributed by atoms with Crippen molar-refractivity contribution in [1.29, 1.82) is 0 Å². The summed E-state index contributed by atoms with van der Waals surface area (Å²) in [7, 11) is 0. The average Bonchev–Trinajstić information content (AvgIpc) is 2.17. The Balaban J connectivity index is 2.70. The van der Waals surface area contributed by atoms with Gasteiger partial charge in [0.1, 0.15) is 0 Å². The Morgan fingerprint density at radius 2 is 1.93 bits per heavy atom. The predicted octanol–water partition coefficient (Wildman–Crippen LogP) is 2.29. The molecule has 15 heavy (non-hydrogen) atoms. The highest BCUT2D eigenvalue weighted by atomic mass is 79.9. The summed E-state index contributed by atoms with van der Waals surface area (Å²) in [5.74, 6) is -0.0979. The van der Waals surface area contributed by atoms with Gasteiger partial charge in [-0.2, -0.15) is 0 Å². The van der Waals surface area contributed by atoms with Gasteiger partial charge in [-0.05, 0) is 31.5 Å². The van der Waals surface area contributed by atoms with Crippen LogP contribution in [0.4, 0.5) is 5.69 Å². The summed E-state index contributed by atoms with van der Waals surface area (Å²) in [6.07, 6.45) is 0. The second-order valence-corrected chi connectivity index (χ2v) is 5.76. The fourth-order valence-corrected chi connectivity index (χ4v) is 1.07. The number of nitrogens with one attached hydrogen (secondary N) is 1. The molecule has 4 heteroatoms. The summed E-state index contributed by atoms with van der Waals surface area (Å²) in [5, 5.41) is 11.6. The molecule has 3 nitrogen and oxygen atoms in total.